The van der Waals surface area contributed by atoms with Gasteiger partial charge in [0, 0.05) is 29.9 Å². The average molecular weight is 519 g/mol. The summed E-state index contributed by atoms with van der Waals surface area (Å²) in [6.45, 7) is 4.02. The lowest BCUT2D eigenvalue weighted by Gasteiger charge is -2.08. The van der Waals surface area contributed by atoms with Crippen molar-refractivity contribution < 1.29 is 9.53 Å². The zero-order chi connectivity index (χ0) is 26.9. The van der Waals surface area contributed by atoms with E-state index in [2.05, 4.69) is 30.5 Å². The molecule has 5 aromatic heterocycles. The molecule has 1 aromatic carbocycles. The molecule has 0 saturated heterocycles. The van der Waals surface area contributed by atoms with Crippen LogP contribution in [0, 0.1) is 5.92 Å². The highest BCUT2D eigenvalue weighted by atomic mass is 16.5. The second kappa shape index (κ2) is 9.97. The normalized spacial score (nSPS) is 11.4. The molecule has 0 spiro atoms. The Morgan fingerprint density at radius 1 is 0.949 bits per heavy atom. The number of anilines is 1. The molecule has 10 nitrogen and oxygen atoms in total. The molecular weight excluding hydrogens is 492 g/mol. The number of aromatic amines is 2. The largest absolute Gasteiger partial charge is 0.497 e. The van der Waals surface area contributed by atoms with Gasteiger partial charge in [0.15, 0.2) is 11.5 Å². The van der Waals surface area contributed by atoms with E-state index in [4.69, 9.17) is 14.7 Å². The predicted octanol–water partition coefficient (Wildman–Crippen LogP) is 5.62. The third kappa shape index (κ3) is 4.79. The van der Waals surface area contributed by atoms with Crippen LogP contribution < -0.4 is 10.1 Å². The first-order chi connectivity index (χ1) is 19.0. The first kappa shape index (κ1) is 24.2. The third-order valence-corrected chi connectivity index (χ3v) is 6.32. The van der Waals surface area contributed by atoms with Crippen LogP contribution in [0.4, 0.5) is 5.69 Å². The number of amides is 1. The van der Waals surface area contributed by atoms with Crippen LogP contribution in [-0.2, 0) is 4.79 Å². The molecule has 39 heavy (non-hydrogen) atoms. The number of aromatic nitrogens is 7. The highest BCUT2D eigenvalue weighted by Gasteiger charge is 2.18. The Balaban J connectivity index is 1.38. The van der Waals surface area contributed by atoms with Gasteiger partial charge in [0.05, 0.1) is 47.4 Å². The van der Waals surface area contributed by atoms with E-state index >= 15 is 0 Å². The molecule has 0 atom stereocenters. The lowest BCUT2D eigenvalue weighted by Crippen LogP contribution is -2.14. The van der Waals surface area contributed by atoms with Gasteiger partial charge in [0.25, 0.3) is 0 Å². The van der Waals surface area contributed by atoms with Crippen LogP contribution in [0.2, 0.25) is 0 Å². The van der Waals surface area contributed by atoms with Crippen molar-refractivity contribution in [2.24, 2.45) is 5.92 Å². The van der Waals surface area contributed by atoms with Crippen LogP contribution in [-0.4, -0.2) is 48.1 Å². The Bertz CT molecular complexity index is 1820. The number of pyridine rings is 3. The van der Waals surface area contributed by atoms with Gasteiger partial charge in [-0.25, -0.2) is 9.97 Å². The summed E-state index contributed by atoms with van der Waals surface area (Å²) in [6.07, 6.45) is 7.33. The number of hydrogen-bond donors (Lipinski definition) is 3. The van der Waals surface area contributed by atoms with Gasteiger partial charge in [-0.15, -0.1) is 0 Å². The van der Waals surface area contributed by atoms with E-state index < -0.39 is 0 Å². The van der Waals surface area contributed by atoms with Gasteiger partial charge in [-0.2, -0.15) is 5.10 Å². The Kier molecular flexibility index (Phi) is 6.20. The standard InChI is InChI=1S/C29H26N8O2/c1-16(2)9-25(38)32-19-10-18(12-30-13-19)22-7-8-23-27(33-22)28(37-36-23)29-34-24-15-31-14-21(26(24)35-29)17-5-4-6-20(11-17)39-3/h4-8,10-16H,9H2,1-3H3,(H,32,38)(H,34,35)(H,36,37). The number of H-pyrrole nitrogens is 2. The number of imidazole rings is 1. The molecule has 10 heteroatoms. The van der Waals surface area contributed by atoms with Crippen LogP contribution in [0.15, 0.2) is 67.3 Å². The molecule has 0 saturated carbocycles. The average Bonchev–Trinajstić information content (AvgIpc) is 3.56. The van der Waals surface area contributed by atoms with Gasteiger partial charge in [-0.3, -0.25) is 19.9 Å². The SMILES string of the molecule is COc1cccc(-c2cncc3[nH]c(-c4n[nH]c5ccc(-c6cncc(NC(=O)CC(C)C)c6)nc45)nc23)c1. The monoisotopic (exact) mass is 518 g/mol. The van der Waals surface area contributed by atoms with Crippen molar-refractivity contribution in [3.8, 4) is 39.7 Å². The van der Waals surface area contributed by atoms with E-state index in [1.54, 1.807) is 31.9 Å². The quantitative estimate of drug-likeness (QED) is 0.250. The Hall–Kier alpha value is -5.12. The van der Waals surface area contributed by atoms with Gasteiger partial charge in [-0.05, 0) is 41.8 Å². The van der Waals surface area contributed by atoms with Crippen molar-refractivity contribution >= 4 is 33.7 Å². The van der Waals surface area contributed by atoms with Gasteiger partial charge < -0.3 is 15.0 Å². The van der Waals surface area contributed by atoms with E-state index in [1.807, 2.05) is 56.3 Å². The molecule has 0 aliphatic heterocycles. The van der Waals surface area contributed by atoms with Crippen molar-refractivity contribution in [1.29, 1.82) is 0 Å². The minimum atomic E-state index is -0.0443. The molecule has 3 N–H and O–H groups in total. The fourth-order valence-electron chi connectivity index (χ4n) is 4.50. The summed E-state index contributed by atoms with van der Waals surface area (Å²) in [6, 6.07) is 13.5. The summed E-state index contributed by atoms with van der Waals surface area (Å²) < 4.78 is 5.39. The molecule has 0 aliphatic rings. The highest BCUT2D eigenvalue weighted by molar-refractivity contribution is 5.96. The number of carbonyl (C=O) groups excluding carboxylic acids is 1. The number of ether oxygens (including phenoxy) is 1. The van der Waals surface area contributed by atoms with E-state index in [0.29, 0.717) is 34.8 Å². The molecule has 0 aliphatic carbocycles. The number of rotatable bonds is 7. The van der Waals surface area contributed by atoms with E-state index in [0.717, 1.165) is 39.0 Å². The first-order valence-electron chi connectivity index (χ1n) is 12.6. The summed E-state index contributed by atoms with van der Waals surface area (Å²) in [5, 5.41) is 10.5. The second-order valence-electron chi connectivity index (χ2n) is 9.67. The topological polar surface area (TPSA) is 134 Å². The molecule has 5 heterocycles. The molecule has 194 valence electrons. The molecule has 1 amide bonds. The lowest BCUT2D eigenvalue weighted by atomic mass is 10.1. The predicted molar refractivity (Wildman–Crippen MR) is 150 cm³/mol. The van der Waals surface area contributed by atoms with Crippen molar-refractivity contribution in [3.63, 3.8) is 0 Å². The fraction of sp³-hybridized carbons (Fsp3) is 0.172. The molecule has 6 aromatic rings. The summed E-state index contributed by atoms with van der Waals surface area (Å²) in [4.78, 5) is 34.1. The maximum absolute atomic E-state index is 12.2. The van der Waals surface area contributed by atoms with E-state index in [-0.39, 0.29) is 11.8 Å². The van der Waals surface area contributed by atoms with Crippen LogP contribution in [0.25, 0.3) is 56.0 Å². The van der Waals surface area contributed by atoms with Crippen molar-refractivity contribution in [2.75, 3.05) is 12.4 Å². The zero-order valence-corrected chi connectivity index (χ0v) is 21.7. The maximum atomic E-state index is 12.2. The van der Waals surface area contributed by atoms with Crippen LogP contribution >= 0.6 is 0 Å². The molecule has 0 fully saturated rings. The smallest absolute Gasteiger partial charge is 0.224 e. The van der Waals surface area contributed by atoms with Crippen molar-refractivity contribution in [3.05, 3.63) is 67.3 Å². The minimum absolute atomic E-state index is 0.0443. The van der Waals surface area contributed by atoms with E-state index in [9.17, 15) is 4.79 Å². The van der Waals surface area contributed by atoms with Gasteiger partial charge >= 0.3 is 0 Å². The Morgan fingerprint density at radius 2 is 1.82 bits per heavy atom. The molecule has 6 rings (SSSR count). The van der Waals surface area contributed by atoms with Gasteiger partial charge in [0.1, 0.15) is 11.3 Å². The number of fused-ring (bicyclic) bond motifs is 2. The highest BCUT2D eigenvalue weighted by Crippen LogP contribution is 2.32. The van der Waals surface area contributed by atoms with Crippen molar-refractivity contribution in [1.82, 2.24) is 35.1 Å². The number of nitrogens with zero attached hydrogens (tertiary/aromatic N) is 5. The summed E-state index contributed by atoms with van der Waals surface area (Å²) in [7, 11) is 1.64. The molecular formula is C29H26N8O2. The van der Waals surface area contributed by atoms with Crippen molar-refractivity contribution in [2.45, 2.75) is 20.3 Å². The number of carbonyl (C=O) groups is 1. The van der Waals surface area contributed by atoms with Gasteiger partial charge in [-0.1, -0.05) is 26.0 Å². The number of hydrogen-bond acceptors (Lipinski definition) is 7. The van der Waals surface area contributed by atoms with Gasteiger partial charge in [0.2, 0.25) is 5.91 Å². The van der Waals surface area contributed by atoms with Crippen LogP contribution in [0.5, 0.6) is 5.75 Å². The van der Waals surface area contributed by atoms with Crippen LogP contribution in [0.1, 0.15) is 20.3 Å². The number of methoxy groups -OCH3 is 1. The summed E-state index contributed by atoms with van der Waals surface area (Å²) in [5.41, 5.74) is 7.52. The van der Waals surface area contributed by atoms with Crippen LogP contribution in [0.3, 0.4) is 0 Å². The molecule has 0 bridgehead atoms. The Morgan fingerprint density at radius 3 is 2.67 bits per heavy atom. The lowest BCUT2D eigenvalue weighted by molar-refractivity contribution is -0.116. The summed E-state index contributed by atoms with van der Waals surface area (Å²) in [5.74, 6) is 1.56. The molecule has 0 radical (unpaired) electrons. The third-order valence-electron chi connectivity index (χ3n) is 6.32. The zero-order valence-electron chi connectivity index (χ0n) is 21.7. The fourth-order valence-corrected chi connectivity index (χ4v) is 4.50. The number of nitrogens with one attached hydrogen (secondary N) is 3. The maximum Gasteiger partial charge on any atom is 0.224 e. The second-order valence-corrected chi connectivity index (χ2v) is 9.67. The minimum Gasteiger partial charge on any atom is -0.497 e. The van der Waals surface area contributed by atoms with E-state index in [1.165, 1.54) is 0 Å². The molecule has 0 unspecified atom stereocenters. The summed E-state index contributed by atoms with van der Waals surface area (Å²) >= 11 is 0. The Labute approximate surface area is 223 Å². The number of benzene rings is 1. The first-order valence-corrected chi connectivity index (χ1v) is 12.6.